The summed E-state index contributed by atoms with van der Waals surface area (Å²) in [5.74, 6) is -1.47. The van der Waals surface area contributed by atoms with Gasteiger partial charge in [-0.15, -0.1) is 0 Å². The van der Waals surface area contributed by atoms with E-state index in [-0.39, 0.29) is 22.7 Å². The second kappa shape index (κ2) is 7.07. The number of halogens is 1. The Kier molecular flexibility index (Phi) is 5.12. The van der Waals surface area contributed by atoms with E-state index < -0.39 is 29.2 Å². The maximum Gasteiger partial charge on any atom is 0.491 e. The van der Waals surface area contributed by atoms with E-state index in [1.807, 2.05) is 0 Å². The molecule has 0 aromatic heterocycles. The van der Waals surface area contributed by atoms with Crippen molar-refractivity contribution in [1.82, 2.24) is 0 Å². The molecule has 1 amide bonds. The Morgan fingerprint density at radius 2 is 2.00 bits per heavy atom. The number of methoxy groups -OCH3 is 1. The van der Waals surface area contributed by atoms with Gasteiger partial charge in [0, 0.05) is 17.1 Å². The third kappa shape index (κ3) is 3.67. The fraction of sp³-hybridized carbons (Fsp3) is 0.0714. The summed E-state index contributed by atoms with van der Waals surface area (Å²) in [4.78, 5) is 22.3. The van der Waals surface area contributed by atoms with Gasteiger partial charge in [0.05, 0.1) is 23.8 Å². The third-order valence-electron chi connectivity index (χ3n) is 3.18. The number of non-ortho nitro benzene ring substituents is 1. The van der Waals surface area contributed by atoms with Gasteiger partial charge < -0.3 is 20.1 Å². The Morgan fingerprint density at radius 1 is 1.29 bits per heavy atom. The van der Waals surface area contributed by atoms with E-state index in [4.69, 9.17) is 14.8 Å². The summed E-state index contributed by atoms with van der Waals surface area (Å²) in [6.45, 7) is 0. The lowest BCUT2D eigenvalue weighted by Crippen LogP contribution is -2.33. The number of hydrogen-bond donors (Lipinski definition) is 3. The van der Waals surface area contributed by atoms with Crippen molar-refractivity contribution in [1.29, 1.82) is 0 Å². The summed E-state index contributed by atoms with van der Waals surface area (Å²) < 4.78 is 18.4. The van der Waals surface area contributed by atoms with Crippen LogP contribution in [0.3, 0.4) is 0 Å². The number of carbonyl (C=O) groups excluding carboxylic acids is 1. The molecular formula is C14H12BFN2O6. The van der Waals surface area contributed by atoms with Gasteiger partial charge in [0.25, 0.3) is 11.6 Å². The molecule has 0 atom stereocenters. The molecular weight excluding hydrogens is 322 g/mol. The molecule has 0 aliphatic heterocycles. The second-order valence-corrected chi connectivity index (χ2v) is 4.71. The van der Waals surface area contributed by atoms with Crippen molar-refractivity contribution in [2.75, 3.05) is 12.4 Å². The predicted molar refractivity (Wildman–Crippen MR) is 83.8 cm³/mol. The molecule has 2 rings (SSSR count). The number of nitro groups is 1. The smallest absolute Gasteiger partial charge is 0.491 e. The lowest BCUT2D eigenvalue weighted by molar-refractivity contribution is -0.384. The summed E-state index contributed by atoms with van der Waals surface area (Å²) in [7, 11) is -0.779. The molecule has 0 unspecified atom stereocenters. The van der Waals surface area contributed by atoms with Crippen LogP contribution >= 0.6 is 0 Å². The van der Waals surface area contributed by atoms with Gasteiger partial charge in [0.2, 0.25) is 0 Å². The molecule has 124 valence electrons. The van der Waals surface area contributed by atoms with Crippen molar-refractivity contribution in [2.45, 2.75) is 0 Å². The zero-order valence-electron chi connectivity index (χ0n) is 12.4. The normalized spacial score (nSPS) is 10.2. The highest BCUT2D eigenvalue weighted by Crippen LogP contribution is 2.29. The number of nitrogens with zero attached hydrogens (tertiary/aromatic N) is 1. The average Bonchev–Trinajstić information content (AvgIpc) is 2.54. The van der Waals surface area contributed by atoms with E-state index in [0.29, 0.717) is 0 Å². The summed E-state index contributed by atoms with van der Waals surface area (Å²) in [6, 6.07) is 6.70. The van der Waals surface area contributed by atoms with Gasteiger partial charge in [-0.3, -0.25) is 14.9 Å². The number of anilines is 1. The number of benzene rings is 2. The first-order valence-corrected chi connectivity index (χ1v) is 6.63. The summed E-state index contributed by atoms with van der Waals surface area (Å²) >= 11 is 0. The molecule has 2 aromatic carbocycles. The van der Waals surface area contributed by atoms with Crippen LogP contribution in [0.25, 0.3) is 0 Å². The third-order valence-corrected chi connectivity index (χ3v) is 3.18. The first-order valence-electron chi connectivity index (χ1n) is 6.63. The van der Waals surface area contributed by atoms with Gasteiger partial charge in [-0.1, -0.05) is 0 Å². The topological polar surface area (TPSA) is 122 Å². The Hall–Kier alpha value is -2.98. The quantitative estimate of drug-likeness (QED) is 0.420. The van der Waals surface area contributed by atoms with Crippen LogP contribution in [-0.2, 0) is 0 Å². The van der Waals surface area contributed by atoms with Crippen molar-refractivity contribution in [2.24, 2.45) is 0 Å². The van der Waals surface area contributed by atoms with E-state index in [1.165, 1.54) is 19.2 Å². The van der Waals surface area contributed by atoms with Gasteiger partial charge in [-0.2, -0.15) is 0 Å². The van der Waals surface area contributed by atoms with Crippen LogP contribution in [0.15, 0.2) is 36.4 Å². The van der Waals surface area contributed by atoms with Gasteiger partial charge in [0.15, 0.2) is 0 Å². The van der Waals surface area contributed by atoms with Crippen LogP contribution in [0, 0.1) is 15.9 Å². The Morgan fingerprint density at radius 3 is 2.58 bits per heavy atom. The largest absolute Gasteiger partial charge is 0.494 e. The van der Waals surface area contributed by atoms with Crippen molar-refractivity contribution >= 4 is 29.9 Å². The fourth-order valence-electron chi connectivity index (χ4n) is 1.97. The lowest BCUT2D eigenvalue weighted by Gasteiger charge is -2.11. The zero-order chi connectivity index (χ0) is 17.9. The van der Waals surface area contributed by atoms with E-state index in [2.05, 4.69) is 5.32 Å². The Bertz CT molecular complexity index is 799. The molecule has 0 saturated heterocycles. The molecule has 3 N–H and O–H groups in total. The first-order chi connectivity index (χ1) is 11.3. The van der Waals surface area contributed by atoms with Crippen molar-refractivity contribution in [3.63, 3.8) is 0 Å². The lowest BCUT2D eigenvalue weighted by atomic mass is 9.79. The number of ether oxygens (including phenoxy) is 1. The molecule has 0 aliphatic rings. The molecule has 0 radical (unpaired) electrons. The highest BCUT2D eigenvalue weighted by Gasteiger charge is 2.20. The number of nitro benzene ring substituents is 1. The molecule has 10 heteroatoms. The molecule has 2 aromatic rings. The fourth-order valence-corrected chi connectivity index (χ4v) is 1.97. The maximum absolute atomic E-state index is 13.4. The van der Waals surface area contributed by atoms with E-state index in [9.17, 15) is 19.3 Å². The summed E-state index contributed by atoms with van der Waals surface area (Å²) in [5, 5.41) is 31.3. The number of rotatable bonds is 5. The SMILES string of the molecule is COc1cc([N+](=O)[O-])ccc1NC(=O)c1ccc(F)c(B(O)O)c1. The van der Waals surface area contributed by atoms with E-state index in [0.717, 1.165) is 24.3 Å². The minimum atomic E-state index is -2.06. The van der Waals surface area contributed by atoms with Gasteiger partial charge >= 0.3 is 7.12 Å². The maximum atomic E-state index is 13.4. The number of amides is 1. The molecule has 0 bridgehead atoms. The van der Waals surface area contributed by atoms with E-state index >= 15 is 0 Å². The molecule has 0 aliphatic carbocycles. The molecule has 8 nitrogen and oxygen atoms in total. The van der Waals surface area contributed by atoms with Crippen molar-refractivity contribution in [3.05, 3.63) is 57.9 Å². The van der Waals surface area contributed by atoms with Gasteiger partial charge in [0.1, 0.15) is 11.6 Å². The van der Waals surface area contributed by atoms with Crippen LogP contribution < -0.4 is 15.5 Å². The standard InChI is InChI=1S/C14H12BFN2O6/c1-24-13-7-9(18(22)23)3-5-12(13)17-14(19)8-2-4-11(16)10(6-8)15(20)21/h2-7,20-21H,1H3,(H,17,19). The van der Waals surface area contributed by atoms with E-state index in [1.54, 1.807) is 0 Å². The summed E-state index contributed by atoms with van der Waals surface area (Å²) in [5.41, 5.74) is -0.515. The Balaban J connectivity index is 2.30. The number of nitrogens with one attached hydrogen (secondary N) is 1. The monoisotopic (exact) mass is 334 g/mol. The van der Waals surface area contributed by atoms with Gasteiger partial charge in [-0.25, -0.2) is 4.39 Å². The Labute approximate surface area is 135 Å². The van der Waals surface area contributed by atoms with Crippen LogP contribution in [0.2, 0.25) is 0 Å². The van der Waals surface area contributed by atoms with Crippen molar-refractivity contribution < 1.29 is 28.9 Å². The second-order valence-electron chi connectivity index (χ2n) is 4.71. The molecule has 0 spiro atoms. The van der Waals surface area contributed by atoms with Gasteiger partial charge in [-0.05, 0) is 24.3 Å². The molecule has 0 fully saturated rings. The van der Waals surface area contributed by atoms with Crippen LogP contribution in [0.5, 0.6) is 5.75 Å². The van der Waals surface area contributed by atoms with Crippen LogP contribution in [0.4, 0.5) is 15.8 Å². The highest BCUT2D eigenvalue weighted by atomic mass is 19.1. The van der Waals surface area contributed by atoms with Crippen LogP contribution in [-0.4, -0.2) is 35.1 Å². The average molecular weight is 334 g/mol. The zero-order valence-corrected chi connectivity index (χ0v) is 12.4. The molecule has 0 saturated carbocycles. The minimum Gasteiger partial charge on any atom is -0.494 e. The van der Waals surface area contributed by atoms with Crippen LogP contribution in [0.1, 0.15) is 10.4 Å². The minimum absolute atomic E-state index is 0.0279. The predicted octanol–water partition coefficient (Wildman–Crippen LogP) is 0.675. The molecule has 24 heavy (non-hydrogen) atoms. The molecule has 0 heterocycles. The summed E-state index contributed by atoms with van der Waals surface area (Å²) in [6.07, 6.45) is 0. The number of carbonyl (C=O) groups is 1. The highest BCUT2D eigenvalue weighted by molar-refractivity contribution is 6.58. The first kappa shape index (κ1) is 17.4. The van der Waals surface area contributed by atoms with Crippen molar-refractivity contribution in [3.8, 4) is 5.75 Å². The number of hydrogen-bond acceptors (Lipinski definition) is 6.